The molecule has 0 N–H and O–H groups in total. The average Bonchev–Trinajstić information content (AvgIpc) is 3.33. The fourth-order valence-electron chi connectivity index (χ4n) is 3.59. The van der Waals surface area contributed by atoms with Crippen molar-refractivity contribution in [3.63, 3.8) is 0 Å². The third-order valence-electron chi connectivity index (χ3n) is 5.11. The summed E-state index contributed by atoms with van der Waals surface area (Å²) in [6.45, 7) is 4.22. The molecule has 0 unspecified atom stereocenters. The highest BCUT2D eigenvalue weighted by molar-refractivity contribution is 5.83. The molecule has 1 fully saturated rings. The van der Waals surface area contributed by atoms with Gasteiger partial charge in [0.25, 0.3) is 0 Å². The molecule has 2 atom stereocenters. The van der Waals surface area contributed by atoms with Gasteiger partial charge < -0.3 is 14.2 Å². The SMILES string of the molecule is CCc1nnc2n1CCN(C(=O)[C@@H]1C[C@H]1c1ccc(OC)cc1)C2. The summed E-state index contributed by atoms with van der Waals surface area (Å²) in [5, 5.41) is 8.45. The van der Waals surface area contributed by atoms with Gasteiger partial charge in [-0.25, -0.2) is 0 Å². The van der Waals surface area contributed by atoms with Crippen LogP contribution in [-0.4, -0.2) is 39.2 Å². The van der Waals surface area contributed by atoms with Crippen LogP contribution in [0.25, 0.3) is 0 Å². The number of carbonyl (C=O) groups excluding carboxylic acids is 1. The van der Waals surface area contributed by atoms with Gasteiger partial charge in [0.05, 0.1) is 13.7 Å². The summed E-state index contributed by atoms with van der Waals surface area (Å²) in [4.78, 5) is 14.7. The predicted octanol–water partition coefficient (Wildman–Crippen LogP) is 2.00. The molecular formula is C18H22N4O2. The first kappa shape index (κ1) is 15.2. The molecule has 0 spiro atoms. The fraction of sp³-hybridized carbons (Fsp3) is 0.500. The molecule has 1 amide bonds. The number of amides is 1. The summed E-state index contributed by atoms with van der Waals surface area (Å²) in [6, 6.07) is 8.06. The number of rotatable bonds is 4. The standard InChI is InChI=1S/C18H22N4O2/c1-3-16-19-20-17-11-21(8-9-22(16)17)18(23)15-10-14(15)12-4-6-13(24-2)7-5-12/h4-7,14-15H,3,8-11H2,1-2H3/t14-,15+/m0/s1. The number of ether oxygens (including phenoxy) is 1. The van der Waals surface area contributed by atoms with E-state index in [0.29, 0.717) is 12.5 Å². The van der Waals surface area contributed by atoms with Crippen molar-refractivity contribution in [2.75, 3.05) is 13.7 Å². The third-order valence-corrected chi connectivity index (χ3v) is 5.11. The highest BCUT2D eigenvalue weighted by Crippen LogP contribution is 2.49. The number of hydrogen-bond donors (Lipinski definition) is 0. The van der Waals surface area contributed by atoms with Gasteiger partial charge in [0.15, 0.2) is 5.82 Å². The van der Waals surface area contributed by atoms with Gasteiger partial charge in [-0.15, -0.1) is 10.2 Å². The number of carbonyl (C=O) groups is 1. The van der Waals surface area contributed by atoms with Gasteiger partial charge in [-0.05, 0) is 30.0 Å². The molecule has 2 heterocycles. The Morgan fingerprint density at radius 2 is 2.04 bits per heavy atom. The molecule has 0 radical (unpaired) electrons. The Kier molecular flexibility index (Phi) is 3.75. The van der Waals surface area contributed by atoms with Crippen LogP contribution in [0.15, 0.2) is 24.3 Å². The molecule has 24 heavy (non-hydrogen) atoms. The van der Waals surface area contributed by atoms with E-state index < -0.39 is 0 Å². The topological polar surface area (TPSA) is 60.2 Å². The van der Waals surface area contributed by atoms with Crippen LogP contribution in [0.3, 0.4) is 0 Å². The molecule has 4 rings (SSSR count). The zero-order valence-corrected chi connectivity index (χ0v) is 14.1. The summed E-state index contributed by atoms with van der Waals surface area (Å²) >= 11 is 0. The number of nitrogens with zero attached hydrogens (tertiary/aromatic N) is 4. The van der Waals surface area contributed by atoms with Crippen LogP contribution < -0.4 is 4.74 Å². The van der Waals surface area contributed by atoms with Crippen molar-refractivity contribution in [1.29, 1.82) is 0 Å². The zero-order valence-electron chi connectivity index (χ0n) is 14.1. The molecule has 0 bridgehead atoms. The second kappa shape index (κ2) is 5.92. The smallest absolute Gasteiger partial charge is 0.226 e. The van der Waals surface area contributed by atoms with Gasteiger partial charge in [-0.1, -0.05) is 19.1 Å². The van der Waals surface area contributed by atoms with E-state index in [1.165, 1.54) is 5.56 Å². The second-order valence-electron chi connectivity index (χ2n) is 6.52. The molecule has 2 aliphatic rings. The Morgan fingerprint density at radius 3 is 2.75 bits per heavy atom. The summed E-state index contributed by atoms with van der Waals surface area (Å²) < 4.78 is 7.34. The minimum atomic E-state index is 0.110. The lowest BCUT2D eigenvalue weighted by molar-refractivity contribution is -0.134. The largest absolute Gasteiger partial charge is 0.497 e. The van der Waals surface area contributed by atoms with Crippen LogP contribution in [-0.2, 0) is 24.3 Å². The summed E-state index contributed by atoms with van der Waals surface area (Å²) in [5.74, 6) is 3.48. The van der Waals surface area contributed by atoms with Crippen LogP contribution >= 0.6 is 0 Å². The number of fused-ring (bicyclic) bond motifs is 1. The van der Waals surface area contributed by atoms with Crippen LogP contribution in [0.1, 0.15) is 36.5 Å². The Morgan fingerprint density at radius 1 is 1.25 bits per heavy atom. The maximum Gasteiger partial charge on any atom is 0.226 e. The Hall–Kier alpha value is -2.37. The fourth-order valence-corrected chi connectivity index (χ4v) is 3.59. The maximum atomic E-state index is 12.8. The van der Waals surface area contributed by atoms with Gasteiger partial charge in [0.2, 0.25) is 5.91 Å². The van der Waals surface area contributed by atoms with Crippen molar-refractivity contribution in [3.8, 4) is 5.75 Å². The van der Waals surface area contributed by atoms with Crippen LogP contribution in [0.5, 0.6) is 5.75 Å². The van der Waals surface area contributed by atoms with Crippen molar-refractivity contribution in [1.82, 2.24) is 19.7 Å². The molecule has 1 aromatic heterocycles. The first-order chi connectivity index (χ1) is 11.7. The molecule has 6 heteroatoms. The third kappa shape index (κ3) is 2.56. The molecule has 1 aliphatic heterocycles. The molecule has 1 aliphatic carbocycles. The van der Waals surface area contributed by atoms with Gasteiger partial charge in [-0.3, -0.25) is 4.79 Å². The average molecular weight is 326 g/mol. The quantitative estimate of drug-likeness (QED) is 0.862. The lowest BCUT2D eigenvalue weighted by Crippen LogP contribution is -2.39. The van der Waals surface area contributed by atoms with Gasteiger partial charge in [-0.2, -0.15) is 0 Å². The Balaban J connectivity index is 1.42. The Bertz CT molecular complexity index is 753. The molecule has 2 aromatic rings. The number of methoxy groups -OCH3 is 1. The first-order valence-electron chi connectivity index (χ1n) is 8.55. The van der Waals surface area contributed by atoms with Gasteiger partial charge in [0.1, 0.15) is 11.6 Å². The van der Waals surface area contributed by atoms with Crippen LogP contribution in [0.2, 0.25) is 0 Å². The van der Waals surface area contributed by atoms with E-state index in [0.717, 1.165) is 43.3 Å². The highest BCUT2D eigenvalue weighted by Gasteiger charge is 2.46. The molecule has 1 aromatic carbocycles. The van der Waals surface area contributed by atoms with Gasteiger partial charge >= 0.3 is 0 Å². The zero-order chi connectivity index (χ0) is 16.7. The maximum absolute atomic E-state index is 12.8. The summed E-state index contributed by atoms with van der Waals surface area (Å²) in [6.07, 6.45) is 1.82. The second-order valence-corrected chi connectivity index (χ2v) is 6.52. The van der Waals surface area contributed by atoms with Crippen molar-refractivity contribution in [2.24, 2.45) is 5.92 Å². The van der Waals surface area contributed by atoms with Crippen molar-refractivity contribution < 1.29 is 9.53 Å². The first-order valence-corrected chi connectivity index (χ1v) is 8.55. The minimum Gasteiger partial charge on any atom is -0.497 e. The minimum absolute atomic E-state index is 0.110. The van der Waals surface area contributed by atoms with Crippen molar-refractivity contribution >= 4 is 5.91 Å². The van der Waals surface area contributed by atoms with E-state index in [9.17, 15) is 4.79 Å². The number of hydrogen-bond acceptors (Lipinski definition) is 4. The predicted molar refractivity (Wildman–Crippen MR) is 88.7 cm³/mol. The number of aromatic nitrogens is 3. The summed E-state index contributed by atoms with van der Waals surface area (Å²) in [7, 11) is 1.66. The lowest BCUT2D eigenvalue weighted by Gasteiger charge is -2.28. The van der Waals surface area contributed by atoms with E-state index in [2.05, 4.69) is 33.8 Å². The lowest BCUT2D eigenvalue weighted by atomic mass is 10.1. The Labute approximate surface area is 141 Å². The molecule has 6 nitrogen and oxygen atoms in total. The monoisotopic (exact) mass is 326 g/mol. The van der Waals surface area contributed by atoms with Crippen LogP contribution in [0, 0.1) is 5.92 Å². The van der Waals surface area contributed by atoms with Gasteiger partial charge in [0, 0.05) is 25.4 Å². The molecule has 1 saturated carbocycles. The van der Waals surface area contributed by atoms with Crippen molar-refractivity contribution in [2.45, 2.75) is 38.8 Å². The number of benzene rings is 1. The number of aryl methyl sites for hydroxylation is 1. The van der Waals surface area contributed by atoms with Crippen molar-refractivity contribution in [3.05, 3.63) is 41.5 Å². The van der Waals surface area contributed by atoms with E-state index in [-0.39, 0.29) is 11.8 Å². The van der Waals surface area contributed by atoms with Crippen LogP contribution in [0.4, 0.5) is 0 Å². The van der Waals surface area contributed by atoms with E-state index >= 15 is 0 Å². The molecular weight excluding hydrogens is 304 g/mol. The summed E-state index contributed by atoms with van der Waals surface area (Å²) in [5.41, 5.74) is 1.22. The van der Waals surface area contributed by atoms with E-state index in [1.807, 2.05) is 17.0 Å². The highest BCUT2D eigenvalue weighted by atomic mass is 16.5. The molecule has 0 saturated heterocycles. The van der Waals surface area contributed by atoms with E-state index in [1.54, 1.807) is 7.11 Å². The normalized spacial score (nSPS) is 22.2. The van der Waals surface area contributed by atoms with E-state index in [4.69, 9.17) is 4.74 Å². The molecule has 126 valence electrons.